The number of fused-ring (bicyclic) bond motifs is 1. The van der Waals surface area contributed by atoms with E-state index in [0.29, 0.717) is 5.78 Å². The maximum Gasteiger partial charge on any atom is 0.244 e. The van der Waals surface area contributed by atoms with Crippen molar-refractivity contribution in [2.45, 2.75) is 31.8 Å². The number of rotatable bonds is 3. The molecule has 0 N–H and O–H groups in total. The van der Waals surface area contributed by atoms with Gasteiger partial charge in [0.1, 0.15) is 6.54 Å². The lowest BCUT2D eigenvalue weighted by Crippen LogP contribution is -2.40. The minimum absolute atomic E-state index is 0.0218. The van der Waals surface area contributed by atoms with E-state index in [9.17, 15) is 4.79 Å². The van der Waals surface area contributed by atoms with Crippen molar-refractivity contribution in [1.29, 1.82) is 0 Å². The van der Waals surface area contributed by atoms with Crippen LogP contribution in [0.1, 0.15) is 31.0 Å². The summed E-state index contributed by atoms with van der Waals surface area (Å²) >= 11 is 0. The average Bonchev–Trinajstić information content (AvgIpc) is 3.25. The molecule has 0 saturated carbocycles. The van der Waals surface area contributed by atoms with Crippen LogP contribution in [0, 0.1) is 0 Å². The van der Waals surface area contributed by atoms with Crippen molar-refractivity contribution in [3.05, 3.63) is 48.8 Å². The summed E-state index contributed by atoms with van der Waals surface area (Å²) in [5.74, 6) is 0.760. The predicted octanol–water partition coefficient (Wildman–Crippen LogP) is 1.68. The third kappa shape index (κ3) is 2.69. The van der Waals surface area contributed by atoms with Crippen molar-refractivity contribution < 1.29 is 4.79 Å². The first kappa shape index (κ1) is 13.9. The van der Waals surface area contributed by atoms with Crippen LogP contribution in [0.25, 0.3) is 5.78 Å². The summed E-state index contributed by atoms with van der Waals surface area (Å²) in [7, 11) is 0. The zero-order valence-electron chi connectivity index (χ0n) is 12.7. The Bertz CT molecular complexity index is 809. The predicted molar refractivity (Wildman–Crippen MR) is 83.5 cm³/mol. The van der Waals surface area contributed by atoms with Gasteiger partial charge < -0.3 is 4.90 Å². The Kier molecular flexibility index (Phi) is 3.53. The monoisotopic (exact) mass is 310 g/mol. The molecule has 0 aliphatic carbocycles. The van der Waals surface area contributed by atoms with Crippen LogP contribution >= 0.6 is 0 Å². The molecular formula is C16H18N6O. The highest BCUT2D eigenvalue weighted by atomic mass is 16.2. The minimum Gasteiger partial charge on any atom is -0.332 e. The number of hydrogen-bond donors (Lipinski definition) is 0. The lowest BCUT2D eigenvalue weighted by Gasteiger charge is -2.35. The van der Waals surface area contributed by atoms with Crippen LogP contribution in [-0.2, 0) is 11.3 Å². The van der Waals surface area contributed by atoms with Crippen LogP contribution in [0.15, 0.2) is 43.1 Å². The first-order valence-corrected chi connectivity index (χ1v) is 7.88. The topological polar surface area (TPSA) is 68.3 Å². The molecular weight excluding hydrogens is 292 g/mol. The van der Waals surface area contributed by atoms with Crippen LogP contribution < -0.4 is 0 Å². The smallest absolute Gasteiger partial charge is 0.244 e. The maximum absolute atomic E-state index is 12.7. The Morgan fingerprint density at radius 3 is 3.04 bits per heavy atom. The lowest BCUT2D eigenvalue weighted by atomic mass is 9.99. The van der Waals surface area contributed by atoms with E-state index >= 15 is 0 Å². The molecule has 1 aliphatic heterocycles. The van der Waals surface area contributed by atoms with Crippen LogP contribution in [0.2, 0.25) is 0 Å². The van der Waals surface area contributed by atoms with Gasteiger partial charge in [0.15, 0.2) is 0 Å². The molecule has 0 spiro atoms. The molecule has 4 rings (SSSR count). The maximum atomic E-state index is 12.7. The number of hydrogen-bond acceptors (Lipinski definition) is 4. The van der Waals surface area contributed by atoms with E-state index in [0.717, 1.165) is 31.5 Å². The standard InChI is InChI=1S/C16H18N6O/c23-15(12-21-8-3-6-18-21)22-9-2-1-4-14(22)13-5-10-20-11-7-17-16(20)19-13/h3,5-8,10-11,14H,1-2,4,9,12H2. The first-order valence-electron chi connectivity index (χ1n) is 7.88. The Hall–Kier alpha value is -2.70. The van der Waals surface area contributed by atoms with E-state index in [1.165, 1.54) is 0 Å². The van der Waals surface area contributed by atoms with Crippen LogP contribution in [0.3, 0.4) is 0 Å². The number of aromatic nitrogens is 5. The van der Waals surface area contributed by atoms with E-state index in [1.807, 2.05) is 40.0 Å². The SMILES string of the molecule is O=C(Cn1cccn1)N1CCCCC1c1ccn2ccnc2n1. The summed E-state index contributed by atoms with van der Waals surface area (Å²) in [6.07, 6.45) is 12.1. The van der Waals surface area contributed by atoms with Gasteiger partial charge in [-0.1, -0.05) is 0 Å². The van der Waals surface area contributed by atoms with Crippen molar-refractivity contribution in [1.82, 2.24) is 29.0 Å². The molecule has 23 heavy (non-hydrogen) atoms. The first-order chi connectivity index (χ1) is 11.3. The molecule has 3 aromatic rings. The second-order valence-corrected chi connectivity index (χ2v) is 5.79. The van der Waals surface area contributed by atoms with Gasteiger partial charge in [0, 0.05) is 37.5 Å². The molecule has 1 atom stereocenters. The van der Waals surface area contributed by atoms with Crippen molar-refractivity contribution >= 4 is 11.7 Å². The molecule has 7 nitrogen and oxygen atoms in total. The molecule has 0 radical (unpaired) electrons. The fourth-order valence-corrected chi connectivity index (χ4v) is 3.16. The summed E-state index contributed by atoms with van der Waals surface area (Å²) in [5, 5.41) is 4.12. The molecule has 4 heterocycles. The highest BCUT2D eigenvalue weighted by molar-refractivity contribution is 5.76. The molecule has 3 aromatic heterocycles. The van der Waals surface area contributed by atoms with Gasteiger partial charge in [0.25, 0.3) is 0 Å². The number of carbonyl (C=O) groups is 1. The normalized spacial score (nSPS) is 18.4. The molecule has 7 heteroatoms. The van der Waals surface area contributed by atoms with E-state index in [2.05, 4.69) is 15.1 Å². The largest absolute Gasteiger partial charge is 0.332 e. The summed E-state index contributed by atoms with van der Waals surface area (Å²) in [6.45, 7) is 1.04. The summed E-state index contributed by atoms with van der Waals surface area (Å²) in [4.78, 5) is 23.5. The van der Waals surface area contributed by atoms with Crippen LogP contribution in [-0.4, -0.2) is 41.5 Å². The lowest BCUT2D eigenvalue weighted by molar-refractivity contribution is -0.136. The number of likely N-dealkylation sites (tertiary alicyclic amines) is 1. The van der Waals surface area contributed by atoms with Gasteiger partial charge in [-0.25, -0.2) is 9.97 Å². The molecule has 0 aromatic carbocycles. The Labute approximate surface area is 133 Å². The fourth-order valence-electron chi connectivity index (χ4n) is 3.16. The van der Waals surface area contributed by atoms with Crippen LogP contribution in [0.4, 0.5) is 0 Å². The minimum atomic E-state index is 0.0218. The summed E-state index contributed by atoms with van der Waals surface area (Å²) in [6, 6.07) is 3.83. The molecule has 118 valence electrons. The Morgan fingerprint density at radius 2 is 2.17 bits per heavy atom. The second-order valence-electron chi connectivity index (χ2n) is 5.79. The number of imidazole rings is 1. The Balaban J connectivity index is 1.60. The number of piperidine rings is 1. The van der Waals surface area contributed by atoms with Gasteiger partial charge >= 0.3 is 0 Å². The van der Waals surface area contributed by atoms with E-state index in [-0.39, 0.29) is 18.5 Å². The fraction of sp³-hybridized carbons (Fsp3) is 0.375. The van der Waals surface area contributed by atoms with Gasteiger partial charge in [0.05, 0.1) is 11.7 Å². The molecule has 1 aliphatic rings. The number of nitrogens with zero attached hydrogens (tertiary/aromatic N) is 6. The van der Waals surface area contributed by atoms with Gasteiger partial charge in [-0.05, 0) is 31.4 Å². The second kappa shape index (κ2) is 5.83. The van der Waals surface area contributed by atoms with Crippen molar-refractivity contribution in [2.24, 2.45) is 0 Å². The number of amides is 1. The molecule has 1 saturated heterocycles. The third-order valence-electron chi connectivity index (χ3n) is 4.30. The molecule has 0 bridgehead atoms. The van der Waals surface area contributed by atoms with Gasteiger partial charge in [-0.15, -0.1) is 0 Å². The highest BCUT2D eigenvalue weighted by Crippen LogP contribution is 2.30. The average molecular weight is 310 g/mol. The zero-order valence-corrected chi connectivity index (χ0v) is 12.7. The quantitative estimate of drug-likeness (QED) is 0.738. The van der Waals surface area contributed by atoms with E-state index in [4.69, 9.17) is 0 Å². The molecule has 1 unspecified atom stereocenters. The molecule has 1 amide bonds. The summed E-state index contributed by atoms with van der Waals surface area (Å²) < 4.78 is 3.54. The van der Waals surface area contributed by atoms with Gasteiger partial charge in [-0.3, -0.25) is 13.9 Å². The molecule has 1 fully saturated rings. The third-order valence-corrected chi connectivity index (χ3v) is 4.30. The van der Waals surface area contributed by atoms with Crippen molar-refractivity contribution in [3.63, 3.8) is 0 Å². The Morgan fingerprint density at radius 1 is 1.22 bits per heavy atom. The van der Waals surface area contributed by atoms with Crippen molar-refractivity contribution in [2.75, 3.05) is 6.54 Å². The highest BCUT2D eigenvalue weighted by Gasteiger charge is 2.29. The van der Waals surface area contributed by atoms with Crippen molar-refractivity contribution in [3.8, 4) is 0 Å². The van der Waals surface area contributed by atoms with Gasteiger partial charge in [-0.2, -0.15) is 5.10 Å². The number of carbonyl (C=O) groups excluding carboxylic acids is 1. The summed E-state index contributed by atoms with van der Waals surface area (Å²) in [5.41, 5.74) is 0.914. The van der Waals surface area contributed by atoms with Gasteiger partial charge in [0.2, 0.25) is 11.7 Å². The van der Waals surface area contributed by atoms with E-state index < -0.39 is 0 Å². The zero-order chi connectivity index (χ0) is 15.6. The van der Waals surface area contributed by atoms with Crippen LogP contribution in [0.5, 0.6) is 0 Å². The van der Waals surface area contributed by atoms with E-state index in [1.54, 1.807) is 17.1 Å².